The van der Waals surface area contributed by atoms with Gasteiger partial charge in [0.25, 0.3) is 0 Å². The van der Waals surface area contributed by atoms with Crippen LogP contribution in [0, 0.1) is 0 Å². The maximum absolute atomic E-state index is 6.14. The van der Waals surface area contributed by atoms with Crippen molar-refractivity contribution in [2.75, 3.05) is 18.6 Å². The Hall–Kier alpha value is -0.100. The van der Waals surface area contributed by atoms with Gasteiger partial charge in [-0.25, -0.2) is 4.98 Å². The summed E-state index contributed by atoms with van der Waals surface area (Å²) in [4.78, 5) is 4.68. The van der Waals surface area contributed by atoms with Crippen molar-refractivity contribution in [2.24, 2.45) is 5.73 Å². The third kappa shape index (κ3) is 3.95. The number of aromatic nitrogens is 1. The zero-order valence-corrected chi connectivity index (χ0v) is 13.4. The molecule has 1 aromatic rings. The fourth-order valence-electron chi connectivity index (χ4n) is 1.73. The van der Waals surface area contributed by atoms with Gasteiger partial charge in [-0.3, -0.25) is 0 Å². The first-order valence-corrected chi connectivity index (χ1v) is 8.69. The number of nitrogens with zero attached hydrogens (tertiary/aromatic N) is 1. The van der Waals surface area contributed by atoms with Gasteiger partial charge in [-0.05, 0) is 38.7 Å². The van der Waals surface area contributed by atoms with Crippen molar-refractivity contribution in [3.63, 3.8) is 0 Å². The van der Waals surface area contributed by atoms with Crippen molar-refractivity contribution in [3.05, 3.63) is 16.1 Å². The Morgan fingerprint density at radius 3 is 2.83 bits per heavy atom. The van der Waals surface area contributed by atoms with Gasteiger partial charge in [-0.2, -0.15) is 11.8 Å². The van der Waals surface area contributed by atoms with Crippen LogP contribution in [-0.2, 0) is 10.3 Å². The molecular weight excluding hydrogens is 264 g/mol. The lowest BCUT2D eigenvalue weighted by molar-refractivity contribution is -0.0325. The lowest BCUT2D eigenvalue weighted by Gasteiger charge is -2.25. The van der Waals surface area contributed by atoms with Crippen LogP contribution in [0.3, 0.4) is 0 Å². The maximum Gasteiger partial charge on any atom is 0.125 e. The topological polar surface area (TPSA) is 48.1 Å². The molecule has 0 saturated carbocycles. The van der Waals surface area contributed by atoms with Crippen molar-refractivity contribution >= 4 is 23.1 Å². The lowest BCUT2D eigenvalue weighted by Crippen LogP contribution is -2.25. The minimum atomic E-state index is -0.267. The van der Waals surface area contributed by atoms with Crippen LogP contribution in [0.15, 0.2) is 5.38 Å². The molecule has 0 aliphatic heterocycles. The molecule has 0 bridgehead atoms. The summed E-state index contributed by atoms with van der Waals surface area (Å²) in [7, 11) is 0. The van der Waals surface area contributed by atoms with Gasteiger partial charge in [0.2, 0.25) is 0 Å². The van der Waals surface area contributed by atoms with E-state index in [0.717, 1.165) is 29.3 Å². The van der Waals surface area contributed by atoms with Crippen LogP contribution in [0.25, 0.3) is 0 Å². The van der Waals surface area contributed by atoms with E-state index in [2.05, 4.69) is 30.5 Å². The Morgan fingerprint density at radius 2 is 2.28 bits per heavy atom. The average Bonchev–Trinajstić information content (AvgIpc) is 2.86. The van der Waals surface area contributed by atoms with Gasteiger partial charge in [0.1, 0.15) is 10.6 Å². The molecular formula is C13H24N2OS2. The highest BCUT2D eigenvalue weighted by atomic mass is 32.2. The van der Waals surface area contributed by atoms with Crippen LogP contribution < -0.4 is 5.73 Å². The largest absolute Gasteiger partial charge is 0.368 e. The number of nitrogens with two attached hydrogens (primary N) is 1. The fourth-order valence-corrected chi connectivity index (χ4v) is 3.29. The molecule has 0 aromatic carbocycles. The molecule has 0 saturated heterocycles. The molecule has 3 nitrogen and oxygen atoms in total. The predicted molar refractivity (Wildman–Crippen MR) is 81.3 cm³/mol. The monoisotopic (exact) mass is 288 g/mol. The summed E-state index contributed by atoms with van der Waals surface area (Å²) in [6, 6.07) is 0.0465. The molecule has 0 amide bonds. The Bertz CT molecular complexity index is 357. The quantitative estimate of drug-likeness (QED) is 0.794. The van der Waals surface area contributed by atoms with Crippen molar-refractivity contribution in [3.8, 4) is 0 Å². The minimum Gasteiger partial charge on any atom is -0.368 e. The molecule has 0 spiro atoms. The van der Waals surface area contributed by atoms with Gasteiger partial charge in [0, 0.05) is 18.0 Å². The van der Waals surface area contributed by atoms with Crippen molar-refractivity contribution < 1.29 is 4.74 Å². The Kier molecular flexibility index (Phi) is 6.63. The first kappa shape index (κ1) is 16.0. The smallest absolute Gasteiger partial charge is 0.125 e. The van der Waals surface area contributed by atoms with E-state index in [-0.39, 0.29) is 11.6 Å². The lowest BCUT2D eigenvalue weighted by atomic mass is 10.0. The maximum atomic E-state index is 6.14. The highest BCUT2D eigenvalue weighted by Crippen LogP contribution is 2.32. The van der Waals surface area contributed by atoms with Crippen LogP contribution >= 0.6 is 23.1 Å². The zero-order chi connectivity index (χ0) is 13.6. The van der Waals surface area contributed by atoms with Crippen LogP contribution in [0.1, 0.15) is 50.4 Å². The first-order chi connectivity index (χ1) is 8.57. The number of thiazole rings is 1. The molecule has 104 valence electrons. The minimum absolute atomic E-state index is 0.0465. The van der Waals surface area contributed by atoms with Gasteiger partial charge in [0.05, 0.1) is 5.69 Å². The SMILES string of the molecule is CCOC(C)(CC)c1nc(C(N)CCSC)cs1. The van der Waals surface area contributed by atoms with Crippen LogP contribution in [0.5, 0.6) is 0 Å². The second kappa shape index (κ2) is 7.48. The summed E-state index contributed by atoms with van der Waals surface area (Å²) in [5.41, 5.74) is 6.88. The number of ether oxygens (including phenoxy) is 1. The van der Waals surface area contributed by atoms with E-state index >= 15 is 0 Å². The summed E-state index contributed by atoms with van der Waals surface area (Å²) in [5.74, 6) is 1.07. The molecule has 0 fully saturated rings. The number of hydrogen-bond donors (Lipinski definition) is 1. The summed E-state index contributed by atoms with van der Waals surface area (Å²) in [5, 5.41) is 3.12. The third-order valence-electron chi connectivity index (χ3n) is 3.12. The highest BCUT2D eigenvalue weighted by molar-refractivity contribution is 7.98. The molecule has 5 heteroatoms. The standard InChI is InChI=1S/C13H24N2OS2/c1-5-13(3,16-6-2)12-15-11(9-18-12)10(14)7-8-17-4/h9-10H,5-8,14H2,1-4H3. The first-order valence-electron chi connectivity index (χ1n) is 6.41. The molecule has 2 atom stereocenters. The fraction of sp³-hybridized carbons (Fsp3) is 0.769. The van der Waals surface area contributed by atoms with E-state index in [9.17, 15) is 0 Å². The van der Waals surface area contributed by atoms with Crippen molar-refractivity contribution in [1.29, 1.82) is 0 Å². The molecule has 1 aromatic heterocycles. The van der Waals surface area contributed by atoms with E-state index in [1.807, 2.05) is 18.7 Å². The Balaban J connectivity index is 2.78. The van der Waals surface area contributed by atoms with Gasteiger partial charge in [-0.1, -0.05) is 6.92 Å². The van der Waals surface area contributed by atoms with E-state index in [1.54, 1.807) is 11.3 Å². The van der Waals surface area contributed by atoms with Crippen LogP contribution in [-0.4, -0.2) is 23.6 Å². The molecule has 2 N–H and O–H groups in total. The van der Waals surface area contributed by atoms with Crippen LogP contribution in [0.4, 0.5) is 0 Å². The summed E-state index contributed by atoms with van der Waals surface area (Å²) in [6.45, 7) is 6.96. The van der Waals surface area contributed by atoms with E-state index in [4.69, 9.17) is 10.5 Å². The Morgan fingerprint density at radius 1 is 1.56 bits per heavy atom. The highest BCUT2D eigenvalue weighted by Gasteiger charge is 2.29. The van der Waals surface area contributed by atoms with Gasteiger partial charge < -0.3 is 10.5 Å². The predicted octanol–water partition coefficient (Wildman–Crippen LogP) is 3.56. The zero-order valence-electron chi connectivity index (χ0n) is 11.7. The summed E-state index contributed by atoms with van der Waals surface area (Å²) < 4.78 is 5.84. The number of thioether (sulfide) groups is 1. The van der Waals surface area contributed by atoms with Crippen LogP contribution in [0.2, 0.25) is 0 Å². The summed E-state index contributed by atoms with van der Waals surface area (Å²) in [6.07, 6.45) is 4.00. The molecule has 0 radical (unpaired) electrons. The molecule has 1 heterocycles. The molecule has 0 aliphatic rings. The second-order valence-corrected chi connectivity index (χ2v) is 6.33. The molecule has 1 rings (SSSR count). The van der Waals surface area contributed by atoms with Gasteiger partial charge >= 0.3 is 0 Å². The van der Waals surface area contributed by atoms with Crippen molar-refractivity contribution in [2.45, 2.75) is 45.3 Å². The van der Waals surface area contributed by atoms with Gasteiger partial charge in [-0.15, -0.1) is 11.3 Å². The second-order valence-electron chi connectivity index (χ2n) is 4.48. The van der Waals surface area contributed by atoms with E-state index in [0.29, 0.717) is 6.61 Å². The van der Waals surface area contributed by atoms with Crippen molar-refractivity contribution in [1.82, 2.24) is 4.98 Å². The molecule has 0 aliphatic carbocycles. The van der Waals surface area contributed by atoms with Gasteiger partial charge in [0.15, 0.2) is 0 Å². The summed E-state index contributed by atoms with van der Waals surface area (Å²) >= 11 is 3.48. The number of rotatable bonds is 8. The third-order valence-corrected chi connectivity index (χ3v) is 4.87. The Labute approximate surface area is 119 Å². The van der Waals surface area contributed by atoms with E-state index < -0.39 is 0 Å². The normalized spacial score (nSPS) is 16.5. The van der Waals surface area contributed by atoms with E-state index in [1.165, 1.54) is 0 Å². The molecule has 18 heavy (non-hydrogen) atoms. The molecule has 2 unspecified atom stereocenters. The average molecular weight is 288 g/mol. The number of hydrogen-bond acceptors (Lipinski definition) is 5.